The Hall–Kier alpha value is -0.910. The second-order valence-corrected chi connectivity index (χ2v) is 5.83. The van der Waals surface area contributed by atoms with Crippen LogP contribution in [0.4, 0.5) is 4.39 Å². The molecule has 0 spiro atoms. The van der Waals surface area contributed by atoms with E-state index < -0.39 is 0 Å². The van der Waals surface area contributed by atoms with Crippen LogP contribution in [-0.2, 0) is 6.42 Å². The summed E-state index contributed by atoms with van der Waals surface area (Å²) in [5.41, 5.74) is 6.57. The van der Waals surface area contributed by atoms with Crippen molar-refractivity contribution in [2.75, 3.05) is 6.54 Å². The SMILES string of the molecule is NCCc1ccc(Br)cc1Oc1cc(F)cc(Br)c1. The lowest BCUT2D eigenvalue weighted by atomic mass is 10.1. The van der Waals surface area contributed by atoms with Gasteiger partial charge in [0.1, 0.15) is 17.3 Å². The molecule has 0 aliphatic rings. The minimum atomic E-state index is -0.347. The predicted octanol–water partition coefficient (Wildman–Crippen LogP) is 4.64. The number of hydrogen-bond donors (Lipinski definition) is 1. The summed E-state index contributed by atoms with van der Waals surface area (Å²) in [7, 11) is 0. The molecule has 5 heteroatoms. The van der Waals surface area contributed by atoms with Gasteiger partial charge in [-0.3, -0.25) is 0 Å². The Labute approximate surface area is 128 Å². The van der Waals surface area contributed by atoms with Gasteiger partial charge in [0, 0.05) is 15.0 Å². The van der Waals surface area contributed by atoms with Crippen molar-refractivity contribution in [2.45, 2.75) is 6.42 Å². The van der Waals surface area contributed by atoms with Crippen LogP contribution in [0.5, 0.6) is 11.5 Å². The average Bonchev–Trinajstić information content (AvgIpc) is 2.31. The van der Waals surface area contributed by atoms with Gasteiger partial charge in [-0.1, -0.05) is 37.9 Å². The van der Waals surface area contributed by atoms with Gasteiger partial charge in [-0.15, -0.1) is 0 Å². The van der Waals surface area contributed by atoms with Gasteiger partial charge in [-0.05, 0) is 42.8 Å². The first-order valence-electron chi connectivity index (χ1n) is 5.71. The van der Waals surface area contributed by atoms with Crippen molar-refractivity contribution in [3.05, 3.63) is 56.7 Å². The van der Waals surface area contributed by atoms with Gasteiger partial charge in [0.2, 0.25) is 0 Å². The summed E-state index contributed by atoms with van der Waals surface area (Å²) >= 11 is 6.64. The van der Waals surface area contributed by atoms with Gasteiger partial charge in [-0.2, -0.15) is 0 Å². The van der Waals surface area contributed by atoms with E-state index in [0.29, 0.717) is 28.9 Å². The molecule has 0 bridgehead atoms. The minimum Gasteiger partial charge on any atom is -0.457 e. The summed E-state index contributed by atoms with van der Waals surface area (Å²) in [6.45, 7) is 0.533. The van der Waals surface area contributed by atoms with Crippen LogP contribution in [0.15, 0.2) is 45.3 Å². The monoisotopic (exact) mass is 387 g/mol. The maximum atomic E-state index is 13.3. The molecule has 0 aliphatic heterocycles. The summed E-state index contributed by atoms with van der Waals surface area (Å²) in [5.74, 6) is 0.778. The van der Waals surface area contributed by atoms with Gasteiger partial charge < -0.3 is 10.5 Å². The number of rotatable bonds is 4. The van der Waals surface area contributed by atoms with Crippen molar-refractivity contribution in [1.29, 1.82) is 0 Å². The molecular weight excluding hydrogens is 377 g/mol. The number of halogens is 3. The largest absolute Gasteiger partial charge is 0.457 e. The van der Waals surface area contributed by atoms with Crippen molar-refractivity contribution in [1.82, 2.24) is 0 Å². The topological polar surface area (TPSA) is 35.2 Å². The molecule has 2 rings (SSSR count). The molecule has 19 heavy (non-hydrogen) atoms. The lowest BCUT2D eigenvalue weighted by Crippen LogP contribution is -2.04. The molecule has 0 saturated carbocycles. The standard InChI is InChI=1S/C14H12Br2FNO/c15-10-2-1-9(3-4-18)14(7-10)19-13-6-11(16)5-12(17)8-13/h1-2,5-8H,3-4,18H2. The fraction of sp³-hybridized carbons (Fsp3) is 0.143. The molecule has 0 unspecified atom stereocenters. The van der Waals surface area contributed by atoms with Gasteiger partial charge in [0.25, 0.3) is 0 Å². The summed E-state index contributed by atoms with van der Waals surface area (Å²) in [4.78, 5) is 0. The Morgan fingerprint density at radius 1 is 1.05 bits per heavy atom. The van der Waals surface area contributed by atoms with Gasteiger partial charge in [-0.25, -0.2) is 4.39 Å². The molecule has 0 atom stereocenters. The highest BCUT2D eigenvalue weighted by atomic mass is 79.9. The fourth-order valence-electron chi connectivity index (χ4n) is 1.70. The molecule has 0 amide bonds. The number of nitrogens with two attached hydrogens (primary N) is 1. The van der Waals surface area contributed by atoms with Crippen LogP contribution in [-0.4, -0.2) is 6.54 Å². The Morgan fingerprint density at radius 3 is 2.53 bits per heavy atom. The highest BCUT2D eigenvalue weighted by Gasteiger charge is 2.07. The molecule has 0 aromatic heterocycles. The van der Waals surface area contributed by atoms with E-state index in [9.17, 15) is 4.39 Å². The molecule has 2 aromatic rings. The van der Waals surface area contributed by atoms with Crippen molar-refractivity contribution in [3.8, 4) is 11.5 Å². The van der Waals surface area contributed by atoms with Crippen molar-refractivity contribution in [2.24, 2.45) is 5.73 Å². The second-order valence-electron chi connectivity index (χ2n) is 4.00. The maximum Gasteiger partial charge on any atom is 0.131 e. The third-order valence-electron chi connectivity index (χ3n) is 2.51. The number of benzene rings is 2. The summed E-state index contributed by atoms with van der Waals surface area (Å²) in [6, 6.07) is 10.2. The summed E-state index contributed by atoms with van der Waals surface area (Å²) in [5, 5.41) is 0. The third kappa shape index (κ3) is 4.03. The molecule has 2 aromatic carbocycles. The lowest BCUT2D eigenvalue weighted by molar-refractivity contribution is 0.470. The minimum absolute atomic E-state index is 0.347. The van der Waals surface area contributed by atoms with E-state index in [1.54, 1.807) is 6.07 Å². The Bertz CT molecular complexity index is 569. The molecular formula is C14H12Br2FNO. The molecule has 2 N–H and O–H groups in total. The number of ether oxygens (including phenoxy) is 1. The first-order chi connectivity index (χ1) is 9.08. The lowest BCUT2D eigenvalue weighted by Gasteiger charge is -2.11. The first-order valence-corrected chi connectivity index (χ1v) is 7.29. The molecule has 0 heterocycles. The summed E-state index contributed by atoms with van der Waals surface area (Å²) < 4.78 is 20.6. The quantitative estimate of drug-likeness (QED) is 0.827. The zero-order chi connectivity index (χ0) is 13.8. The molecule has 0 aliphatic carbocycles. The van der Waals surface area contributed by atoms with E-state index in [0.717, 1.165) is 10.0 Å². The predicted molar refractivity (Wildman–Crippen MR) is 81.1 cm³/mol. The Kier molecular flexibility index (Phi) is 4.96. The van der Waals surface area contributed by atoms with Crippen molar-refractivity contribution >= 4 is 31.9 Å². The van der Waals surface area contributed by atoms with E-state index in [4.69, 9.17) is 10.5 Å². The normalized spacial score (nSPS) is 10.5. The van der Waals surface area contributed by atoms with E-state index in [1.165, 1.54) is 12.1 Å². The molecule has 0 fully saturated rings. The Balaban J connectivity index is 2.33. The summed E-state index contributed by atoms with van der Waals surface area (Å²) in [6.07, 6.45) is 0.707. The van der Waals surface area contributed by atoms with Crippen LogP contribution >= 0.6 is 31.9 Å². The van der Waals surface area contributed by atoms with Crippen LogP contribution in [0.3, 0.4) is 0 Å². The zero-order valence-corrected chi connectivity index (χ0v) is 13.2. The highest BCUT2D eigenvalue weighted by molar-refractivity contribution is 9.10. The van der Waals surface area contributed by atoms with Gasteiger partial charge >= 0.3 is 0 Å². The van der Waals surface area contributed by atoms with E-state index in [1.807, 2.05) is 18.2 Å². The number of hydrogen-bond acceptors (Lipinski definition) is 2. The third-order valence-corrected chi connectivity index (χ3v) is 3.46. The highest BCUT2D eigenvalue weighted by Crippen LogP contribution is 2.30. The molecule has 2 nitrogen and oxygen atoms in total. The smallest absolute Gasteiger partial charge is 0.131 e. The molecule has 0 saturated heterocycles. The Morgan fingerprint density at radius 2 is 1.84 bits per heavy atom. The van der Waals surface area contributed by atoms with Crippen LogP contribution in [0.2, 0.25) is 0 Å². The van der Waals surface area contributed by atoms with Crippen molar-refractivity contribution in [3.63, 3.8) is 0 Å². The van der Waals surface area contributed by atoms with Crippen molar-refractivity contribution < 1.29 is 9.13 Å². The fourth-order valence-corrected chi connectivity index (χ4v) is 2.48. The molecule has 0 radical (unpaired) electrons. The average molecular weight is 389 g/mol. The maximum absolute atomic E-state index is 13.3. The van der Waals surface area contributed by atoms with E-state index in [2.05, 4.69) is 31.9 Å². The van der Waals surface area contributed by atoms with Gasteiger partial charge in [0.15, 0.2) is 0 Å². The van der Waals surface area contributed by atoms with E-state index >= 15 is 0 Å². The first kappa shape index (κ1) is 14.5. The zero-order valence-electron chi connectivity index (χ0n) is 10.00. The second kappa shape index (κ2) is 6.50. The van der Waals surface area contributed by atoms with Gasteiger partial charge in [0.05, 0.1) is 0 Å². The van der Waals surface area contributed by atoms with E-state index in [-0.39, 0.29) is 5.82 Å². The van der Waals surface area contributed by atoms with Crippen LogP contribution in [0.1, 0.15) is 5.56 Å². The molecule has 100 valence electrons. The van der Waals surface area contributed by atoms with Crippen LogP contribution in [0.25, 0.3) is 0 Å². The van der Waals surface area contributed by atoms with Crippen LogP contribution in [0, 0.1) is 5.82 Å². The van der Waals surface area contributed by atoms with Crippen LogP contribution < -0.4 is 10.5 Å².